The Morgan fingerprint density at radius 1 is 1.30 bits per heavy atom. The van der Waals surface area contributed by atoms with Crippen LogP contribution < -0.4 is 0 Å². The van der Waals surface area contributed by atoms with Crippen LogP contribution in [0.25, 0.3) is 0 Å². The van der Waals surface area contributed by atoms with Crippen molar-refractivity contribution in [1.82, 2.24) is 4.31 Å². The molecule has 0 saturated carbocycles. The second-order valence-corrected chi connectivity index (χ2v) is 7.60. The normalized spacial score (nSPS) is 24.3. The van der Waals surface area contributed by atoms with Crippen LogP contribution in [0.4, 0.5) is 0 Å². The first kappa shape index (κ1) is 15.0. The van der Waals surface area contributed by atoms with Crippen LogP contribution in [0.2, 0.25) is 0 Å². The molecule has 1 aromatic rings. The van der Waals surface area contributed by atoms with Gasteiger partial charge in [-0.15, -0.1) is 0 Å². The summed E-state index contributed by atoms with van der Waals surface area (Å²) in [6.45, 7) is 7.15. The van der Waals surface area contributed by atoms with Gasteiger partial charge in [0.2, 0.25) is 10.0 Å². The Hall–Kier alpha value is -1.38. The quantitative estimate of drug-likeness (QED) is 0.841. The number of aryl methyl sites for hydroxylation is 1. The summed E-state index contributed by atoms with van der Waals surface area (Å²) in [6, 6.07) is 6.77. The first-order chi connectivity index (χ1) is 9.36. The number of nitriles is 1. The Labute approximate surface area is 121 Å². The van der Waals surface area contributed by atoms with Crippen molar-refractivity contribution in [3.05, 3.63) is 29.3 Å². The Morgan fingerprint density at radius 2 is 2.00 bits per heavy atom. The largest absolute Gasteiger partial charge is 0.243 e. The molecule has 0 aliphatic carbocycles. The lowest BCUT2D eigenvalue weighted by Gasteiger charge is -2.34. The molecule has 0 bridgehead atoms. The van der Waals surface area contributed by atoms with E-state index in [4.69, 9.17) is 5.26 Å². The van der Waals surface area contributed by atoms with Gasteiger partial charge in [-0.25, -0.2) is 8.42 Å². The molecular weight excluding hydrogens is 272 g/mol. The molecular formula is C15H20N2O2S. The predicted molar refractivity (Wildman–Crippen MR) is 77.6 cm³/mol. The zero-order chi connectivity index (χ0) is 14.9. The third-order valence-corrected chi connectivity index (χ3v) is 6.24. The summed E-state index contributed by atoms with van der Waals surface area (Å²) in [5.41, 5.74) is 1.12. The van der Waals surface area contributed by atoms with Crippen molar-refractivity contribution < 1.29 is 8.42 Å². The molecule has 1 aromatic carbocycles. The minimum absolute atomic E-state index is 0.318. The molecule has 0 spiro atoms. The highest BCUT2D eigenvalue weighted by molar-refractivity contribution is 7.89. The van der Waals surface area contributed by atoms with Gasteiger partial charge < -0.3 is 0 Å². The number of piperidine rings is 1. The van der Waals surface area contributed by atoms with E-state index >= 15 is 0 Å². The van der Waals surface area contributed by atoms with Gasteiger partial charge in [-0.3, -0.25) is 0 Å². The van der Waals surface area contributed by atoms with Gasteiger partial charge in [0.1, 0.15) is 0 Å². The van der Waals surface area contributed by atoms with E-state index in [1.807, 2.05) is 6.07 Å². The van der Waals surface area contributed by atoms with Crippen molar-refractivity contribution in [3.8, 4) is 6.07 Å². The maximum absolute atomic E-state index is 12.7. The predicted octanol–water partition coefficient (Wildman–Crippen LogP) is 2.53. The van der Waals surface area contributed by atoms with Crippen molar-refractivity contribution in [1.29, 1.82) is 5.26 Å². The smallest absolute Gasteiger partial charge is 0.207 e. The van der Waals surface area contributed by atoms with Gasteiger partial charge >= 0.3 is 0 Å². The van der Waals surface area contributed by atoms with Gasteiger partial charge in [0.25, 0.3) is 0 Å². The van der Waals surface area contributed by atoms with Crippen molar-refractivity contribution in [3.63, 3.8) is 0 Å². The first-order valence-corrected chi connectivity index (χ1v) is 8.31. The zero-order valence-electron chi connectivity index (χ0n) is 12.1. The number of hydrogen-bond acceptors (Lipinski definition) is 3. The topological polar surface area (TPSA) is 61.2 Å². The summed E-state index contributed by atoms with van der Waals surface area (Å²) < 4.78 is 27.0. The van der Waals surface area contributed by atoms with Crippen LogP contribution in [-0.4, -0.2) is 25.8 Å². The Morgan fingerprint density at radius 3 is 2.55 bits per heavy atom. The highest BCUT2D eigenvalue weighted by atomic mass is 32.2. The van der Waals surface area contributed by atoms with Gasteiger partial charge in [0.15, 0.2) is 0 Å². The molecule has 1 heterocycles. The fourth-order valence-electron chi connectivity index (χ4n) is 2.59. The molecule has 1 fully saturated rings. The summed E-state index contributed by atoms with van der Waals surface area (Å²) in [5, 5.41) is 8.86. The SMILES string of the molecule is Cc1cc(C#N)ccc1S(=O)(=O)N1CCC(C)C(C)C1. The molecule has 5 heteroatoms. The van der Waals surface area contributed by atoms with Crippen molar-refractivity contribution in [2.24, 2.45) is 11.8 Å². The van der Waals surface area contributed by atoms with E-state index in [9.17, 15) is 8.42 Å². The van der Waals surface area contributed by atoms with Gasteiger partial charge in [0, 0.05) is 13.1 Å². The molecule has 0 aromatic heterocycles. The van der Waals surface area contributed by atoms with E-state index < -0.39 is 10.0 Å². The molecule has 2 unspecified atom stereocenters. The number of sulfonamides is 1. The van der Waals surface area contributed by atoms with Crippen molar-refractivity contribution in [2.75, 3.05) is 13.1 Å². The average molecular weight is 292 g/mol. The van der Waals surface area contributed by atoms with Crippen molar-refractivity contribution >= 4 is 10.0 Å². The molecule has 1 aliphatic rings. The van der Waals surface area contributed by atoms with Gasteiger partial charge in [-0.2, -0.15) is 9.57 Å². The molecule has 2 atom stereocenters. The van der Waals surface area contributed by atoms with Crippen LogP contribution in [0.5, 0.6) is 0 Å². The third-order valence-electron chi connectivity index (χ3n) is 4.22. The zero-order valence-corrected chi connectivity index (χ0v) is 12.9. The average Bonchev–Trinajstić information content (AvgIpc) is 2.41. The Bertz CT molecular complexity index is 646. The summed E-state index contributed by atoms with van der Waals surface area (Å²) in [4.78, 5) is 0.318. The van der Waals surface area contributed by atoms with Crippen LogP contribution in [0.1, 0.15) is 31.4 Å². The minimum Gasteiger partial charge on any atom is -0.207 e. The molecule has 0 N–H and O–H groups in total. The first-order valence-electron chi connectivity index (χ1n) is 6.87. The molecule has 2 rings (SSSR count). The fourth-order valence-corrected chi connectivity index (χ4v) is 4.35. The lowest BCUT2D eigenvalue weighted by atomic mass is 9.90. The van der Waals surface area contributed by atoms with Crippen LogP contribution in [-0.2, 0) is 10.0 Å². The minimum atomic E-state index is -3.45. The van der Waals surface area contributed by atoms with Gasteiger partial charge in [-0.1, -0.05) is 13.8 Å². The lowest BCUT2D eigenvalue weighted by molar-refractivity contribution is 0.212. The number of rotatable bonds is 2. The molecule has 1 saturated heterocycles. The van der Waals surface area contributed by atoms with E-state index in [1.54, 1.807) is 29.4 Å². The standard InChI is InChI=1S/C15H20N2O2S/c1-11-6-7-17(10-13(11)3)20(18,19)15-5-4-14(9-16)8-12(15)2/h4-5,8,11,13H,6-7,10H2,1-3H3. The molecule has 1 aliphatic heterocycles. The van der Waals surface area contributed by atoms with Crippen LogP contribution in [0.3, 0.4) is 0 Å². The molecule has 20 heavy (non-hydrogen) atoms. The van der Waals surface area contributed by atoms with Gasteiger partial charge in [0.05, 0.1) is 16.5 Å². The van der Waals surface area contributed by atoms with E-state index in [0.29, 0.717) is 40.9 Å². The number of nitrogens with zero attached hydrogens (tertiary/aromatic N) is 2. The second-order valence-electron chi connectivity index (χ2n) is 5.70. The fraction of sp³-hybridized carbons (Fsp3) is 0.533. The van der Waals surface area contributed by atoms with Crippen LogP contribution >= 0.6 is 0 Å². The summed E-state index contributed by atoms with van der Waals surface area (Å²) in [5.74, 6) is 0.931. The maximum atomic E-state index is 12.7. The lowest BCUT2D eigenvalue weighted by Crippen LogP contribution is -2.42. The van der Waals surface area contributed by atoms with Crippen LogP contribution in [0, 0.1) is 30.1 Å². The number of hydrogen-bond donors (Lipinski definition) is 0. The molecule has 108 valence electrons. The Balaban J connectivity index is 2.34. The van der Waals surface area contributed by atoms with Gasteiger partial charge in [-0.05, 0) is 48.9 Å². The second kappa shape index (κ2) is 5.55. The van der Waals surface area contributed by atoms with E-state index in [0.717, 1.165) is 6.42 Å². The van der Waals surface area contributed by atoms with Crippen molar-refractivity contribution in [2.45, 2.75) is 32.1 Å². The van der Waals surface area contributed by atoms with E-state index in [1.165, 1.54) is 0 Å². The maximum Gasteiger partial charge on any atom is 0.243 e. The summed E-state index contributed by atoms with van der Waals surface area (Å²) >= 11 is 0. The summed E-state index contributed by atoms with van der Waals surface area (Å²) in [7, 11) is -3.45. The number of benzene rings is 1. The Kier molecular flexibility index (Phi) is 4.17. The van der Waals surface area contributed by atoms with E-state index in [2.05, 4.69) is 13.8 Å². The molecule has 4 nitrogen and oxygen atoms in total. The monoisotopic (exact) mass is 292 g/mol. The molecule has 0 amide bonds. The molecule has 0 radical (unpaired) electrons. The highest BCUT2D eigenvalue weighted by Gasteiger charge is 2.32. The third kappa shape index (κ3) is 2.72. The van der Waals surface area contributed by atoms with Crippen LogP contribution in [0.15, 0.2) is 23.1 Å². The summed E-state index contributed by atoms with van der Waals surface area (Å²) in [6.07, 6.45) is 0.899. The highest BCUT2D eigenvalue weighted by Crippen LogP contribution is 2.28. The van der Waals surface area contributed by atoms with E-state index in [-0.39, 0.29) is 0 Å².